The van der Waals surface area contributed by atoms with Crippen LogP contribution in [0.4, 0.5) is 5.82 Å². The summed E-state index contributed by atoms with van der Waals surface area (Å²) in [5.74, 6) is -0.124. The van der Waals surface area contributed by atoms with Crippen molar-refractivity contribution in [1.29, 1.82) is 0 Å². The summed E-state index contributed by atoms with van der Waals surface area (Å²) in [4.78, 5) is 22.9. The van der Waals surface area contributed by atoms with Gasteiger partial charge in [0.15, 0.2) is 5.65 Å². The maximum atomic E-state index is 13.4. The van der Waals surface area contributed by atoms with E-state index in [1.807, 2.05) is 61.5 Å². The van der Waals surface area contributed by atoms with Crippen LogP contribution in [0.3, 0.4) is 0 Å². The average molecular weight is 497 g/mol. The van der Waals surface area contributed by atoms with Crippen molar-refractivity contribution in [2.75, 3.05) is 5.73 Å². The lowest BCUT2D eigenvalue weighted by Crippen LogP contribution is -2.33. The van der Waals surface area contributed by atoms with E-state index in [2.05, 4.69) is 22.6 Å². The van der Waals surface area contributed by atoms with E-state index < -0.39 is 0 Å². The minimum atomic E-state index is -0.303. The Hall–Kier alpha value is -4.23. The Labute approximate surface area is 213 Å². The number of hydrogen-bond donors (Lipinski definition) is 2. The summed E-state index contributed by atoms with van der Waals surface area (Å²) >= 11 is 5.99. The molecule has 0 fully saturated rings. The average Bonchev–Trinajstić information content (AvgIpc) is 3.16. The highest BCUT2D eigenvalue weighted by Gasteiger charge is 2.25. The lowest BCUT2D eigenvalue weighted by molar-refractivity contribution is 0.0940. The van der Waals surface area contributed by atoms with Gasteiger partial charge in [-0.05, 0) is 55.2 Å². The van der Waals surface area contributed by atoms with E-state index in [0.29, 0.717) is 27.2 Å². The van der Waals surface area contributed by atoms with Gasteiger partial charge in [-0.1, -0.05) is 66.2 Å². The molecule has 0 radical (unpaired) electrons. The predicted octanol–water partition coefficient (Wildman–Crippen LogP) is 5.45. The molecule has 0 spiro atoms. The molecule has 8 heteroatoms. The summed E-state index contributed by atoms with van der Waals surface area (Å²) in [5, 5.41) is 8.25. The van der Waals surface area contributed by atoms with E-state index in [0.717, 1.165) is 18.4 Å². The largest absolute Gasteiger partial charge is 0.383 e. The highest BCUT2D eigenvalue weighted by Crippen LogP contribution is 2.28. The second-order valence-corrected chi connectivity index (χ2v) is 9.09. The number of nitrogens with one attached hydrogen (secondary N) is 1. The van der Waals surface area contributed by atoms with Gasteiger partial charge in [0.25, 0.3) is 5.91 Å². The Bertz CT molecular complexity index is 1560. The van der Waals surface area contributed by atoms with E-state index >= 15 is 0 Å². The number of amides is 1. The van der Waals surface area contributed by atoms with Crippen LogP contribution in [0, 0.1) is 0 Å². The third-order valence-corrected chi connectivity index (χ3v) is 6.23. The van der Waals surface area contributed by atoms with Crippen LogP contribution >= 0.6 is 11.6 Å². The number of nitrogen functional groups attached to an aromatic ring is 1. The molecule has 5 rings (SSSR count). The number of nitrogens with zero attached hydrogens (tertiary/aromatic N) is 4. The predicted molar refractivity (Wildman–Crippen MR) is 146 cm³/mol. The molecule has 5 aromatic rings. The first-order chi connectivity index (χ1) is 17.5. The Morgan fingerprint density at radius 1 is 1.03 bits per heavy atom. The van der Waals surface area contributed by atoms with Gasteiger partial charge in [0.1, 0.15) is 16.9 Å². The summed E-state index contributed by atoms with van der Waals surface area (Å²) in [6, 6.07) is 24.9. The highest BCUT2D eigenvalue weighted by atomic mass is 35.5. The molecule has 0 aliphatic carbocycles. The van der Waals surface area contributed by atoms with Crippen molar-refractivity contribution in [3.05, 3.63) is 101 Å². The van der Waals surface area contributed by atoms with Gasteiger partial charge in [0, 0.05) is 11.1 Å². The number of benzene rings is 3. The summed E-state index contributed by atoms with van der Waals surface area (Å²) in [5.41, 5.74) is 11.0. The summed E-state index contributed by atoms with van der Waals surface area (Å²) in [6.45, 7) is 1.98. The van der Waals surface area contributed by atoms with Crippen LogP contribution in [0.15, 0.2) is 84.0 Å². The van der Waals surface area contributed by atoms with Crippen molar-refractivity contribution < 1.29 is 4.79 Å². The van der Waals surface area contributed by atoms with E-state index in [1.54, 1.807) is 18.3 Å². The zero-order valence-electron chi connectivity index (χ0n) is 19.7. The van der Waals surface area contributed by atoms with E-state index in [-0.39, 0.29) is 23.3 Å². The van der Waals surface area contributed by atoms with Crippen LogP contribution in [0.2, 0.25) is 5.02 Å². The summed E-state index contributed by atoms with van der Waals surface area (Å²) in [6.07, 6.45) is 3.29. The fraction of sp³-hybridized carbons (Fsp3) is 0.143. The van der Waals surface area contributed by atoms with Gasteiger partial charge >= 0.3 is 0 Å². The van der Waals surface area contributed by atoms with Crippen LogP contribution in [-0.4, -0.2) is 32.8 Å². The van der Waals surface area contributed by atoms with Crippen LogP contribution in [-0.2, 0) is 6.42 Å². The number of aromatic nitrogens is 3. The molecule has 2 heterocycles. The van der Waals surface area contributed by atoms with E-state index in [9.17, 15) is 4.79 Å². The second kappa shape index (κ2) is 10.2. The number of anilines is 1. The number of rotatable bonds is 7. The zero-order chi connectivity index (χ0) is 25.1. The number of nitrogens with two attached hydrogens (primary N) is 1. The molecule has 7 nitrogen and oxygen atoms in total. The third kappa shape index (κ3) is 4.92. The van der Waals surface area contributed by atoms with Crippen molar-refractivity contribution in [3.8, 4) is 0 Å². The van der Waals surface area contributed by atoms with Crippen LogP contribution in [0.1, 0.15) is 34.8 Å². The lowest BCUT2D eigenvalue weighted by Gasteiger charge is -2.14. The molecule has 0 saturated carbocycles. The van der Waals surface area contributed by atoms with Crippen LogP contribution in [0.5, 0.6) is 0 Å². The van der Waals surface area contributed by atoms with Crippen molar-refractivity contribution >= 4 is 51.7 Å². The maximum absolute atomic E-state index is 13.4. The fourth-order valence-corrected chi connectivity index (χ4v) is 4.18. The molecule has 0 unspecified atom stereocenters. The Morgan fingerprint density at radius 3 is 2.42 bits per heavy atom. The minimum Gasteiger partial charge on any atom is -0.383 e. The molecular formula is C28H25ClN6O. The molecule has 3 aromatic carbocycles. The van der Waals surface area contributed by atoms with E-state index in [1.165, 1.54) is 10.2 Å². The number of hydrogen-bond acceptors (Lipinski definition) is 5. The molecule has 0 saturated heterocycles. The number of halogens is 1. The molecule has 0 aliphatic heterocycles. The quantitative estimate of drug-likeness (QED) is 0.292. The zero-order valence-corrected chi connectivity index (χ0v) is 20.5. The topological polar surface area (TPSA) is 98.2 Å². The number of para-hydroxylation sites is 2. The summed E-state index contributed by atoms with van der Waals surface area (Å²) in [7, 11) is 0. The molecule has 1 amide bonds. The second-order valence-electron chi connectivity index (χ2n) is 8.65. The third-order valence-electron chi connectivity index (χ3n) is 5.98. The van der Waals surface area contributed by atoms with Gasteiger partial charge in [-0.15, -0.1) is 0 Å². The summed E-state index contributed by atoms with van der Waals surface area (Å²) < 4.78 is 1.47. The highest BCUT2D eigenvalue weighted by molar-refractivity contribution is 6.30. The minimum absolute atomic E-state index is 0.0681. The first kappa shape index (κ1) is 23.5. The smallest absolute Gasteiger partial charge is 0.257 e. The van der Waals surface area contributed by atoms with Gasteiger partial charge < -0.3 is 11.1 Å². The molecule has 0 bridgehead atoms. The normalized spacial score (nSPS) is 12.4. The fourth-order valence-electron chi connectivity index (χ4n) is 4.06. The first-order valence-electron chi connectivity index (χ1n) is 11.7. The maximum Gasteiger partial charge on any atom is 0.257 e. The standard InChI is InChI=1S/C28H25ClN6O/c1-18(11-12-19-7-3-2-4-8-19)32-28(36)24-25-27(34-23-10-6-5-9-22(23)33-25)35(26(24)30)31-17-20-13-15-21(29)16-14-20/h2-10,13-18H,11-12,30H2,1H3,(H,32,36)/b31-17-/t18-/m1/s1. The van der Waals surface area contributed by atoms with Crippen molar-refractivity contribution in [2.24, 2.45) is 5.10 Å². The van der Waals surface area contributed by atoms with Crippen molar-refractivity contribution in [1.82, 2.24) is 20.0 Å². The first-order valence-corrected chi connectivity index (χ1v) is 12.1. The molecule has 36 heavy (non-hydrogen) atoms. The molecule has 2 aromatic heterocycles. The number of aryl methyl sites for hydroxylation is 1. The molecule has 180 valence electrons. The van der Waals surface area contributed by atoms with Crippen LogP contribution < -0.4 is 11.1 Å². The number of carbonyl (C=O) groups excluding carboxylic acids is 1. The van der Waals surface area contributed by atoms with Crippen molar-refractivity contribution in [3.63, 3.8) is 0 Å². The van der Waals surface area contributed by atoms with Gasteiger partial charge in [0.05, 0.1) is 17.2 Å². The molecule has 0 aliphatic rings. The molecular weight excluding hydrogens is 472 g/mol. The Morgan fingerprint density at radius 2 is 1.69 bits per heavy atom. The van der Waals surface area contributed by atoms with Gasteiger partial charge in [-0.25, -0.2) is 9.97 Å². The number of fused-ring (bicyclic) bond motifs is 2. The Balaban J connectivity index is 1.49. The van der Waals surface area contributed by atoms with Crippen LogP contribution in [0.25, 0.3) is 22.2 Å². The molecule has 1 atom stereocenters. The molecule has 3 N–H and O–H groups in total. The van der Waals surface area contributed by atoms with Gasteiger partial charge in [0.2, 0.25) is 0 Å². The van der Waals surface area contributed by atoms with Crippen molar-refractivity contribution in [2.45, 2.75) is 25.8 Å². The lowest BCUT2D eigenvalue weighted by atomic mass is 10.1. The van der Waals surface area contributed by atoms with Gasteiger partial charge in [-0.3, -0.25) is 4.79 Å². The SMILES string of the molecule is C[C@H](CCc1ccccc1)NC(=O)c1c(N)n(/N=C\c2ccc(Cl)cc2)c2nc3ccccc3nc12. The van der Waals surface area contributed by atoms with E-state index in [4.69, 9.17) is 27.3 Å². The number of carbonyl (C=O) groups is 1. The Kier molecular flexibility index (Phi) is 6.64. The monoisotopic (exact) mass is 496 g/mol. The van der Waals surface area contributed by atoms with Gasteiger partial charge in [-0.2, -0.15) is 9.78 Å².